The van der Waals surface area contributed by atoms with E-state index in [2.05, 4.69) is 10.6 Å². The van der Waals surface area contributed by atoms with Crippen molar-refractivity contribution >= 4 is 23.5 Å². The predicted octanol–water partition coefficient (Wildman–Crippen LogP) is 0.210. The van der Waals surface area contributed by atoms with Crippen molar-refractivity contribution in [2.24, 2.45) is 0 Å². The number of carbonyl (C=O) groups excluding carboxylic acids is 2. The maximum absolute atomic E-state index is 11.7. The van der Waals surface area contributed by atoms with E-state index >= 15 is 0 Å². The summed E-state index contributed by atoms with van der Waals surface area (Å²) in [4.78, 5) is 32.9. The fourth-order valence-electron chi connectivity index (χ4n) is 1.46. The van der Waals surface area contributed by atoms with E-state index < -0.39 is 12.1 Å². The molecule has 1 unspecified atom stereocenters. The Labute approximate surface area is 115 Å². The van der Waals surface area contributed by atoms with Gasteiger partial charge in [-0.2, -0.15) is 0 Å². The van der Waals surface area contributed by atoms with E-state index in [0.29, 0.717) is 11.3 Å². The van der Waals surface area contributed by atoms with Gasteiger partial charge in [-0.1, -0.05) is 0 Å². The first-order chi connectivity index (χ1) is 9.40. The highest BCUT2D eigenvalue weighted by atomic mass is 16.4. The number of rotatable bonds is 6. The monoisotopic (exact) mass is 280 g/mol. The van der Waals surface area contributed by atoms with Crippen molar-refractivity contribution in [3.05, 3.63) is 29.8 Å². The van der Waals surface area contributed by atoms with Crippen LogP contribution >= 0.6 is 0 Å². The molecule has 0 fully saturated rings. The smallest absolute Gasteiger partial charge is 0.332 e. The molecule has 2 amide bonds. The summed E-state index contributed by atoms with van der Waals surface area (Å²) in [5.74, 6) is -1.90. The van der Waals surface area contributed by atoms with Crippen molar-refractivity contribution in [2.75, 3.05) is 11.9 Å². The topological polar surface area (TPSA) is 116 Å². The lowest BCUT2D eigenvalue weighted by atomic mass is 10.2. The third-order valence-electron chi connectivity index (χ3n) is 2.46. The molecule has 108 valence electrons. The van der Waals surface area contributed by atoms with Gasteiger partial charge < -0.3 is 20.8 Å². The Morgan fingerprint density at radius 3 is 2.30 bits per heavy atom. The average molecular weight is 280 g/mol. The zero-order valence-electron chi connectivity index (χ0n) is 10.9. The number of aliphatic hydroxyl groups is 1. The summed E-state index contributed by atoms with van der Waals surface area (Å²) in [7, 11) is 0. The van der Waals surface area contributed by atoms with Crippen LogP contribution in [0, 0.1) is 0 Å². The molecule has 0 aliphatic rings. The molecule has 0 saturated heterocycles. The molecule has 0 aliphatic heterocycles. The lowest BCUT2D eigenvalue weighted by Gasteiger charge is -2.08. The van der Waals surface area contributed by atoms with Crippen LogP contribution in [-0.2, 0) is 9.59 Å². The van der Waals surface area contributed by atoms with E-state index in [1.807, 2.05) is 0 Å². The van der Waals surface area contributed by atoms with E-state index in [4.69, 9.17) is 10.2 Å². The fourth-order valence-corrected chi connectivity index (χ4v) is 1.46. The Kier molecular flexibility index (Phi) is 5.67. The molecule has 1 aromatic carbocycles. The summed E-state index contributed by atoms with van der Waals surface area (Å²) in [6.07, 6.45) is -1.55. The van der Waals surface area contributed by atoms with E-state index in [1.165, 1.54) is 19.1 Å². The summed E-state index contributed by atoms with van der Waals surface area (Å²) in [5, 5.41) is 22.6. The minimum Gasteiger partial charge on any atom is -0.479 e. The van der Waals surface area contributed by atoms with Crippen LogP contribution in [0.15, 0.2) is 24.3 Å². The van der Waals surface area contributed by atoms with E-state index in [9.17, 15) is 14.4 Å². The third kappa shape index (κ3) is 5.07. The number of hydrogen-bond donors (Lipinski definition) is 4. The van der Waals surface area contributed by atoms with Crippen LogP contribution in [0.4, 0.5) is 5.69 Å². The fraction of sp³-hybridized carbons (Fsp3) is 0.308. The van der Waals surface area contributed by atoms with Crippen molar-refractivity contribution in [1.29, 1.82) is 0 Å². The van der Waals surface area contributed by atoms with Crippen LogP contribution in [0.5, 0.6) is 0 Å². The number of aliphatic carboxylic acids is 1. The number of carboxylic acids is 1. The molecule has 0 aliphatic carbocycles. The third-order valence-corrected chi connectivity index (χ3v) is 2.46. The number of aliphatic hydroxyl groups excluding tert-OH is 1. The summed E-state index contributed by atoms with van der Waals surface area (Å²) in [5.41, 5.74) is 0.958. The molecule has 0 aromatic heterocycles. The van der Waals surface area contributed by atoms with Crippen molar-refractivity contribution in [1.82, 2.24) is 5.32 Å². The first kappa shape index (κ1) is 15.6. The number of nitrogens with one attached hydrogen (secondary N) is 2. The number of amides is 2. The van der Waals surface area contributed by atoms with E-state index in [1.54, 1.807) is 12.1 Å². The molecule has 0 saturated carbocycles. The summed E-state index contributed by atoms with van der Waals surface area (Å²) < 4.78 is 0. The van der Waals surface area contributed by atoms with Gasteiger partial charge in [-0.25, -0.2) is 4.79 Å². The largest absolute Gasteiger partial charge is 0.479 e. The first-order valence-corrected chi connectivity index (χ1v) is 5.97. The van der Waals surface area contributed by atoms with Crippen LogP contribution in [-0.4, -0.2) is 40.6 Å². The van der Waals surface area contributed by atoms with Gasteiger partial charge >= 0.3 is 5.97 Å². The lowest BCUT2D eigenvalue weighted by Crippen LogP contribution is -2.30. The van der Waals surface area contributed by atoms with Crippen molar-refractivity contribution < 1.29 is 24.6 Å². The van der Waals surface area contributed by atoms with Crippen LogP contribution in [0.3, 0.4) is 0 Å². The van der Waals surface area contributed by atoms with Crippen molar-refractivity contribution in [2.45, 2.75) is 19.4 Å². The van der Waals surface area contributed by atoms with Gasteiger partial charge in [0.25, 0.3) is 5.91 Å². The van der Waals surface area contributed by atoms with E-state index in [0.717, 1.165) is 0 Å². The second-order valence-electron chi connectivity index (χ2n) is 4.16. The number of carboxylic acid groups (broad SMARTS) is 1. The van der Waals surface area contributed by atoms with Crippen LogP contribution in [0.2, 0.25) is 0 Å². The molecular weight excluding hydrogens is 264 g/mol. The molecule has 4 N–H and O–H groups in total. The highest BCUT2D eigenvalue weighted by Crippen LogP contribution is 2.09. The molecular formula is C13H16N2O5. The maximum Gasteiger partial charge on any atom is 0.332 e. The molecule has 0 spiro atoms. The average Bonchev–Trinajstić information content (AvgIpc) is 2.38. The van der Waals surface area contributed by atoms with Gasteiger partial charge in [-0.3, -0.25) is 9.59 Å². The normalized spacial score (nSPS) is 11.5. The molecule has 20 heavy (non-hydrogen) atoms. The first-order valence-electron chi connectivity index (χ1n) is 5.97. The zero-order valence-corrected chi connectivity index (χ0v) is 10.9. The van der Waals surface area contributed by atoms with Crippen LogP contribution in [0.25, 0.3) is 0 Å². The van der Waals surface area contributed by atoms with Gasteiger partial charge in [0.2, 0.25) is 5.91 Å². The summed E-state index contributed by atoms with van der Waals surface area (Å²) in [6.45, 7) is 1.44. The Bertz CT molecular complexity index is 498. The Morgan fingerprint density at radius 1 is 1.20 bits per heavy atom. The van der Waals surface area contributed by atoms with Crippen molar-refractivity contribution in [3.63, 3.8) is 0 Å². The number of anilines is 1. The standard InChI is InChI=1S/C13H16N2O5/c1-8(16)15-10-4-2-9(3-5-10)12(18)14-7-6-11(17)13(19)20/h2-5,11,17H,6-7H2,1H3,(H,14,18)(H,15,16)(H,19,20). The quantitative estimate of drug-likeness (QED) is 0.594. The number of hydrogen-bond acceptors (Lipinski definition) is 4. The molecule has 7 nitrogen and oxygen atoms in total. The molecule has 1 rings (SSSR count). The highest BCUT2D eigenvalue weighted by molar-refractivity contribution is 5.95. The molecule has 0 radical (unpaired) electrons. The molecule has 7 heteroatoms. The molecule has 1 aromatic rings. The second-order valence-corrected chi connectivity index (χ2v) is 4.16. The molecule has 0 bridgehead atoms. The van der Waals surface area contributed by atoms with Gasteiger partial charge in [-0.15, -0.1) is 0 Å². The maximum atomic E-state index is 11.7. The lowest BCUT2D eigenvalue weighted by molar-refractivity contribution is -0.146. The van der Waals surface area contributed by atoms with Crippen LogP contribution in [0.1, 0.15) is 23.7 Å². The van der Waals surface area contributed by atoms with Crippen LogP contribution < -0.4 is 10.6 Å². The highest BCUT2D eigenvalue weighted by Gasteiger charge is 2.13. The minimum atomic E-state index is -1.49. The Morgan fingerprint density at radius 2 is 1.80 bits per heavy atom. The zero-order chi connectivity index (χ0) is 15.1. The number of carbonyl (C=O) groups is 3. The Hall–Kier alpha value is -2.41. The van der Waals surface area contributed by atoms with Gasteiger partial charge in [0.1, 0.15) is 0 Å². The van der Waals surface area contributed by atoms with Crippen molar-refractivity contribution in [3.8, 4) is 0 Å². The minimum absolute atomic E-state index is 0.0553. The molecule has 1 atom stereocenters. The second kappa shape index (κ2) is 7.25. The number of benzene rings is 1. The van der Waals surface area contributed by atoms with Gasteiger partial charge in [0, 0.05) is 31.1 Å². The van der Waals surface area contributed by atoms with E-state index in [-0.39, 0.29) is 24.8 Å². The Balaban J connectivity index is 2.47. The summed E-state index contributed by atoms with van der Waals surface area (Å²) >= 11 is 0. The van der Waals surface area contributed by atoms with Gasteiger partial charge in [0.05, 0.1) is 0 Å². The van der Waals surface area contributed by atoms with Gasteiger partial charge in [0.15, 0.2) is 6.10 Å². The van der Waals surface area contributed by atoms with Gasteiger partial charge in [-0.05, 0) is 24.3 Å². The summed E-state index contributed by atoms with van der Waals surface area (Å²) in [6, 6.07) is 6.24. The molecule has 0 heterocycles. The predicted molar refractivity (Wildman–Crippen MR) is 71.3 cm³/mol. The SMILES string of the molecule is CC(=O)Nc1ccc(C(=O)NCCC(O)C(=O)O)cc1.